The van der Waals surface area contributed by atoms with E-state index in [1.807, 2.05) is 18.2 Å². The van der Waals surface area contributed by atoms with Gasteiger partial charge in [-0.25, -0.2) is 13.3 Å². The third kappa shape index (κ3) is 4.62. The fourth-order valence-electron chi connectivity index (χ4n) is 3.98. The average molecular weight is 437 g/mol. The van der Waals surface area contributed by atoms with Crippen LogP contribution in [0.5, 0.6) is 0 Å². The molecule has 2 unspecified atom stereocenters. The van der Waals surface area contributed by atoms with Gasteiger partial charge in [-0.3, -0.25) is 9.32 Å². The Balaban J connectivity index is 1.65. The molecule has 6 nitrogen and oxygen atoms in total. The lowest BCUT2D eigenvalue weighted by molar-refractivity contribution is -0.141. The Morgan fingerprint density at radius 2 is 1.90 bits per heavy atom. The zero-order chi connectivity index (χ0) is 21.5. The summed E-state index contributed by atoms with van der Waals surface area (Å²) in [5.74, 6) is -2.22. The lowest BCUT2D eigenvalue weighted by Crippen LogP contribution is -2.42. The van der Waals surface area contributed by atoms with Crippen molar-refractivity contribution >= 4 is 13.7 Å². The van der Waals surface area contributed by atoms with E-state index in [9.17, 15) is 27.9 Å². The predicted octanol–water partition coefficient (Wildman–Crippen LogP) is 3.76. The summed E-state index contributed by atoms with van der Waals surface area (Å²) >= 11 is 0. The Morgan fingerprint density at radius 1 is 1.20 bits per heavy atom. The van der Waals surface area contributed by atoms with Gasteiger partial charge in [-0.05, 0) is 48.1 Å². The van der Waals surface area contributed by atoms with Gasteiger partial charge in [0.05, 0.1) is 6.04 Å². The zero-order valence-corrected chi connectivity index (χ0v) is 16.9. The van der Waals surface area contributed by atoms with E-state index in [2.05, 4.69) is 0 Å². The molecular weight excluding hydrogens is 415 g/mol. The zero-order valence-electron chi connectivity index (χ0n) is 16.0. The first-order valence-electron chi connectivity index (χ1n) is 9.72. The number of benzene rings is 1. The van der Waals surface area contributed by atoms with E-state index in [0.717, 1.165) is 17.7 Å². The molecule has 4 atom stereocenters. The van der Waals surface area contributed by atoms with Crippen LogP contribution < -0.4 is 0 Å². The Labute approximate surface area is 172 Å². The van der Waals surface area contributed by atoms with Gasteiger partial charge in [0, 0.05) is 12.5 Å². The summed E-state index contributed by atoms with van der Waals surface area (Å²) in [6, 6.07) is 8.48. The molecule has 0 aromatic heterocycles. The molecule has 0 bridgehead atoms. The quantitative estimate of drug-likeness (QED) is 0.523. The third-order valence-electron chi connectivity index (χ3n) is 5.58. The van der Waals surface area contributed by atoms with Crippen LogP contribution in [0.2, 0.25) is 0 Å². The van der Waals surface area contributed by atoms with Crippen LogP contribution in [0.4, 0.5) is 8.78 Å². The molecule has 0 radical (unpaired) electrons. The third-order valence-corrected chi connectivity index (χ3v) is 6.08. The van der Waals surface area contributed by atoms with E-state index < -0.39 is 43.8 Å². The standard InChI is InChI=1S/C21H22F2NO5P/c22-16-8-9-18(23)17(11-16)15-10-19(13-4-2-1-3-5-13)24(12-15)21(25)20(14-6-7-14)29-30(26,27)28/h1-5,8-11,14,17-20H,6-7,12H2,(H2,26,27,28)/t17?,18?,19-,20-/m0/s1. The number of amides is 1. The minimum Gasteiger partial charge on any atom is -0.326 e. The molecule has 2 N–H and O–H groups in total. The van der Waals surface area contributed by atoms with E-state index in [0.29, 0.717) is 18.4 Å². The largest absolute Gasteiger partial charge is 0.470 e. The minimum atomic E-state index is -4.87. The summed E-state index contributed by atoms with van der Waals surface area (Å²) in [5.41, 5.74) is 1.30. The van der Waals surface area contributed by atoms with E-state index >= 15 is 0 Å². The van der Waals surface area contributed by atoms with Crippen LogP contribution in [-0.4, -0.2) is 39.4 Å². The lowest BCUT2D eigenvalue weighted by Gasteiger charge is -2.30. The molecule has 3 aliphatic rings. The molecular formula is C21H22F2NO5P. The minimum absolute atomic E-state index is 0.0227. The van der Waals surface area contributed by atoms with Gasteiger partial charge in [0.15, 0.2) is 6.10 Å². The van der Waals surface area contributed by atoms with Crippen molar-refractivity contribution in [3.05, 3.63) is 71.6 Å². The number of phosphoric acid groups is 1. The van der Waals surface area contributed by atoms with E-state index in [1.54, 1.807) is 18.2 Å². The van der Waals surface area contributed by atoms with Gasteiger partial charge in [0.25, 0.3) is 5.91 Å². The van der Waals surface area contributed by atoms with Gasteiger partial charge in [-0.1, -0.05) is 36.4 Å². The second-order valence-corrected chi connectivity index (χ2v) is 8.99. The monoisotopic (exact) mass is 437 g/mol. The molecule has 2 aliphatic carbocycles. The summed E-state index contributed by atoms with van der Waals surface area (Å²) in [5, 5.41) is 0. The highest BCUT2D eigenvalue weighted by molar-refractivity contribution is 7.46. The first-order chi connectivity index (χ1) is 14.2. The van der Waals surface area contributed by atoms with E-state index in [-0.39, 0.29) is 12.5 Å². The molecule has 1 amide bonds. The topological polar surface area (TPSA) is 87.1 Å². The molecule has 0 spiro atoms. The SMILES string of the molecule is O=C([C@@H](OP(=O)(O)O)C1CC1)N1CC(C2C=C(F)C=CC2F)=C[C@H]1c1ccccc1. The number of rotatable bonds is 6. The summed E-state index contributed by atoms with van der Waals surface area (Å²) in [4.78, 5) is 33.2. The highest BCUT2D eigenvalue weighted by Gasteiger charge is 2.46. The molecule has 1 aliphatic heterocycles. The molecule has 30 heavy (non-hydrogen) atoms. The number of carbonyl (C=O) groups excluding carboxylic acids is 1. The Morgan fingerprint density at radius 3 is 2.53 bits per heavy atom. The first-order valence-corrected chi connectivity index (χ1v) is 11.3. The fourth-order valence-corrected chi connectivity index (χ4v) is 4.53. The summed E-state index contributed by atoms with van der Waals surface area (Å²) < 4.78 is 44.5. The number of hydrogen-bond donors (Lipinski definition) is 2. The number of halogens is 2. The van der Waals surface area contributed by atoms with Crippen molar-refractivity contribution < 1.29 is 32.5 Å². The smallest absolute Gasteiger partial charge is 0.326 e. The lowest BCUT2D eigenvalue weighted by atomic mass is 9.90. The maximum atomic E-state index is 14.5. The van der Waals surface area contributed by atoms with Crippen molar-refractivity contribution in [3.8, 4) is 0 Å². The number of alkyl halides is 1. The maximum absolute atomic E-state index is 14.5. The number of carbonyl (C=O) groups is 1. The Bertz CT molecular complexity index is 953. The normalized spacial score (nSPS) is 27.6. The van der Waals surface area contributed by atoms with Crippen LogP contribution in [0.15, 0.2) is 66.0 Å². The molecule has 9 heteroatoms. The first kappa shape index (κ1) is 21.1. The van der Waals surface area contributed by atoms with Crippen molar-refractivity contribution in [2.45, 2.75) is 31.2 Å². The van der Waals surface area contributed by atoms with E-state index in [4.69, 9.17) is 4.52 Å². The number of allylic oxidation sites excluding steroid dienone is 4. The van der Waals surface area contributed by atoms with Crippen molar-refractivity contribution in [1.82, 2.24) is 4.90 Å². The molecule has 0 saturated heterocycles. The van der Waals surface area contributed by atoms with Crippen molar-refractivity contribution in [1.29, 1.82) is 0 Å². The van der Waals surface area contributed by atoms with Gasteiger partial charge in [0.1, 0.15) is 12.0 Å². The van der Waals surface area contributed by atoms with Crippen molar-refractivity contribution in [3.63, 3.8) is 0 Å². The van der Waals surface area contributed by atoms with Crippen molar-refractivity contribution in [2.75, 3.05) is 6.54 Å². The molecule has 1 aromatic carbocycles. The summed E-state index contributed by atoms with van der Waals surface area (Å²) in [6.45, 7) is 0.0227. The highest BCUT2D eigenvalue weighted by atomic mass is 31.2. The van der Waals surface area contributed by atoms with Gasteiger partial charge in [-0.2, -0.15) is 0 Å². The molecule has 1 saturated carbocycles. The molecule has 160 valence electrons. The van der Waals surface area contributed by atoms with Gasteiger partial charge in [0.2, 0.25) is 0 Å². The average Bonchev–Trinajstić information content (AvgIpc) is 3.45. The van der Waals surface area contributed by atoms with Crippen LogP contribution in [-0.2, 0) is 13.9 Å². The second-order valence-electron chi connectivity index (χ2n) is 7.80. The Kier molecular flexibility index (Phi) is 5.77. The summed E-state index contributed by atoms with van der Waals surface area (Å²) in [6.07, 6.45) is 3.71. The van der Waals surface area contributed by atoms with Crippen LogP contribution in [0, 0.1) is 11.8 Å². The van der Waals surface area contributed by atoms with E-state index in [1.165, 1.54) is 11.0 Å². The molecule has 1 fully saturated rings. The Hall–Kier alpha value is -2.12. The fraction of sp³-hybridized carbons (Fsp3) is 0.381. The van der Waals surface area contributed by atoms with Crippen LogP contribution >= 0.6 is 7.82 Å². The van der Waals surface area contributed by atoms with Crippen molar-refractivity contribution in [2.24, 2.45) is 11.8 Å². The number of phosphoric ester groups is 1. The molecule has 1 aromatic rings. The molecule has 4 rings (SSSR count). The highest BCUT2D eigenvalue weighted by Crippen LogP contribution is 2.47. The number of nitrogens with zero attached hydrogens (tertiary/aromatic N) is 1. The van der Waals surface area contributed by atoms with Crippen LogP contribution in [0.3, 0.4) is 0 Å². The van der Waals surface area contributed by atoms with Gasteiger partial charge >= 0.3 is 7.82 Å². The van der Waals surface area contributed by atoms with Crippen LogP contribution in [0.1, 0.15) is 24.4 Å². The second kappa shape index (κ2) is 8.19. The molecule has 1 heterocycles. The summed E-state index contributed by atoms with van der Waals surface area (Å²) in [7, 11) is -4.87. The maximum Gasteiger partial charge on any atom is 0.470 e. The van der Waals surface area contributed by atoms with Crippen LogP contribution in [0.25, 0.3) is 0 Å². The predicted molar refractivity (Wildman–Crippen MR) is 105 cm³/mol. The number of hydrogen-bond acceptors (Lipinski definition) is 3. The van der Waals surface area contributed by atoms with Gasteiger partial charge < -0.3 is 14.7 Å². The van der Waals surface area contributed by atoms with Gasteiger partial charge in [-0.15, -0.1) is 0 Å².